The SMILES string of the molecule is C[C@@H](C(N)=O)N1CCN(C(=O)Nc2ccccc2F)CC1. The Morgan fingerprint density at radius 3 is 2.43 bits per heavy atom. The quantitative estimate of drug-likeness (QED) is 0.867. The number of para-hydroxylation sites is 1. The number of amides is 3. The molecule has 1 aromatic carbocycles. The molecule has 1 fully saturated rings. The third-order valence-electron chi connectivity index (χ3n) is 3.68. The monoisotopic (exact) mass is 294 g/mol. The van der Waals surface area contributed by atoms with Crippen molar-refractivity contribution < 1.29 is 14.0 Å². The zero-order valence-corrected chi connectivity index (χ0v) is 11.9. The molecule has 21 heavy (non-hydrogen) atoms. The number of primary amides is 1. The molecule has 3 N–H and O–H groups in total. The lowest BCUT2D eigenvalue weighted by Crippen LogP contribution is -2.55. The smallest absolute Gasteiger partial charge is 0.322 e. The van der Waals surface area contributed by atoms with Crippen LogP contribution in [0.15, 0.2) is 24.3 Å². The summed E-state index contributed by atoms with van der Waals surface area (Å²) in [7, 11) is 0. The molecule has 1 aromatic rings. The molecule has 2 rings (SSSR count). The molecule has 3 amide bonds. The molecule has 0 aromatic heterocycles. The van der Waals surface area contributed by atoms with E-state index in [2.05, 4.69) is 5.32 Å². The first-order valence-corrected chi connectivity index (χ1v) is 6.83. The Labute approximate surface area is 122 Å². The number of rotatable bonds is 3. The van der Waals surface area contributed by atoms with Gasteiger partial charge < -0.3 is 16.0 Å². The highest BCUT2D eigenvalue weighted by molar-refractivity contribution is 5.89. The Morgan fingerprint density at radius 2 is 1.86 bits per heavy atom. The normalized spacial score (nSPS) is 17.3. The highest BCUT2D eigenvalue weighted by atomic mass is 19.1. The van der Waals surface area contributed by atoms with E-state index in [1.54, 1.807) is 24.0 Å². The number of nitrogens with zero attached hydrogens (tertiary/aromatic N) is 2. The van der Waals surface area contributed by atoms with E-state index in [4.69, 9.17) is 5.73 Å². The lowest BCUT2D eigenvalue weighted by atomic mass is 10.2. The van der Waals surface area contributed by atoms with Crippen LogP contribution in [0.3, 0.4) is 0 Å². The molecule has 1 aliphatic rings. The number of nitrogens with one attached hydrogen (secondary N) is 1. The van der Waals surface area contributed by atoms with E-state index >= 15 is 0 Å². The van der Waals surface area contributed by atoms with Crippen LogP contribution in [0.5, 0.6) is 0 Å². The number of nitrogens with two attached hydrogens (primary N) is 1. The number of carbonyl (C=O) groups excluding carboxylic acids is 2. The molecule has 114 valence electrons. The summed E-state index contributed by atoms with van der Waals surface area (Å²) in [6.07, 6.45) is 0. The largest absolute Gasteiger partial charge is 0.368 e. The molecule has 0 unspecified atom stereocenters. The molecule has 1 atom stereocenters. The van der Waals surface area contributed by atoms with Crippen molar-refractivity contribution in [3.05, 3.63) is 30.1 Å². The van der Waals surface area contributed by atoms with E-state index in [1.807, 2.05) is 4.90 Å². The second kappa shape index (κ2) is 6.53. The number of hydrogen-bond donors (Lipinski definition) is 2. The zero-order valence-electron chi connectivity index (χ0n) is 11.9. The zero-order chi connectivity index (χ0) is 15.4. The summed E-state index contributed by atoms with van der Waals surface area (Å²) in [4.78, 5) is 26.7. The van der Waals surface area contributed by atoms with Crippen LogP contribution >= 0.6 is 0 Å². The van der Waals surface area contributed by atoms with E-state index in [0.29, 0.717) is 26.2 Å². The number of benzene rings is 1. The Kier molecular flexibility index (Phi) is 4.74. The van der Waals surface area contributed by atoms with Crippen LogP contribution in [0.1, 0.15) is 6.92 Å². The van der Waals surface area contributed by atoms with Gasteiger partial charge in [-0.15, -0.1) is 0 Å². The number of carbonyl (C=O) groups is 2. The van der Waals surface area contributed by atoms with Gasteiger partial charge in [0.15, 0.2) is 0 Å². The van der Waals surface area contributed by atoms with Gasteiger partial charge in [-0.1, -0.05) is 12.1 Å². The number of urea groups is 1. The highest BCUT2D eigenvalue weighted by Crippen LogP contribution is 2.14. The van der Waals surface area contributed by atoms with Gasteiger partial charge in [0.1, 0.15) is 5.82 Å². The summed E-state index contributed by atoms with van der Waals surface area (Å²) in [5.74, 6) is -0.842. The second-order valence-corrected chi connectivity index (χ2v) is 5.01. The first kappa shape index (κ1) is 15.2. The first-order valence-electron chi connectivity index (χ1n) is 6.83. The summed E-state index contributed by atoms with van der Waals surface area (Å²) < 4.78 is 13.5. The number of anilines is 1. The molecule has 0 saturated carbocycles. The highest BCUT2D eigenvalue weighted by Gasteiger charge is 2.26. The van der Waals surface area contributed by atoms with Gasteiger partial charge >= 0.3 is 6.03 Å². The average molecular weight is 294 g/mol. The molecule has 0 bridgehead atoms. The predicted octanol–water partition coefficient (Wildman–Crippen LogP) is 0.849. The number of piperazine rings is 1. The van der Waals surface area contributed by atoms with Crippen molar-refractivity contribution in [1.82, 2.24) is 9.80 Å². The Bertz CT molecular complexity index is 529. The van der Waals surface area contributed by atoms with E-state index < -0.39 is 5.82 Å². The van der Waals surface area contributed by atoms with Crippen molar-refractivity contribution in [2.24, 2.45) is 5.73 Å². The van der Waals surface area contributed by atoms with Gasteiger partial charge in [0.2, 0.25) is 5.91 Å². The molecular formula is C14H19FN4O2. The molecule has 1 saturated heterocycles. The number of hydrogen-bond acceptors (Lipinski definition) is 3. The lowest BCUT2D eigenvalue weighted by Gasteiger charge is -2.36. The van der Waals surface area contributed by atoms with Gasteiger partial charge in [-0.3, -0.25) is 9.69 Å². The van der Waals surface area contributed by atoms with Gasteiger partial charge in [-0.25, -0.2) is 9.18 Å². The van der Waals surface area contributed by atoms with Gasteiger partial charge in [-0.2, -0.15) is 0 Å². The molecule has 0 radical (unpaired) electrons. The van der Waals surface area contributed by atoms with E-state index in [0.717, 1.165) is 0 Å². The first-order chi connectivity index (χ1) is 9.99. The van der Waals surface area contributed by atoms with Gasteiger partial charge in [0, 0.05) is 26.2 Å². The molecule has 7 heteroatoms. The molecule has 1 heterocycles. The summed E-state index contributed by atoms with van der Waals surface area (Å²) in [5.41, 5.74) is 5.43. The minimum absolute atomic E-state index is 0.162. The van der Waals surface area contributed by atoms with Crippen LogP contribution in [0.2, 0.25) is 0 Å². The van der Waals surface area contributed by atoms with Crippen LogP contribution in [-0.4, -0.2) is 54.0 Å². The van der Waals surface area contributed by atoms with Crippen molar-refractivity contribution in [3.8, 4) is 0 Å². The third-order valence-corrected chi connectivity index (χ3v) is 3.68. The molecular weight excluding hydrogens is 275 g/mol. The van der Waals surface area contributed by atoms with Crippen LogP contribution in [0, 0.1) is 5.82 Å². The fraction of sp³-hybridized carbons (Fsp3) is 0.429. The van der Waals surface area contributed by atoms with Crippen molar-refractivity contribution in [2.75, 3.05) is 31.5 Å². The van der Waals surface area contributed by atoms with E-state index in [9.17, 15) is 14.0 Å². The topological polar surface area (TPSA) is 78.7 Å². The van der Waals surface area contributed by atoms with Crippen LogP contribution in [0.25, 0.3) is 0 Å². The summed E-state index contributed by atoms with van der Waals surface area (Å²) in [5, 5.41) is 2.55. The van der Waals surface area contributed by atoms with Crippen LogP contribution in [-0.2, 0) is 4.79 Å². The Morgan fingerprint density at radius 1 is 1.24 bits per heavy atom. The van der Waals surface area contributed by atoms with Crippen molar-refractivity contribution in [2.45, 2.75) is 13.0 Å². The number of halogens is 1. The average Bonchev–Trinajstić information content (AvgIpc) is 2.49. The maximum Gasteiger partial charge on any atom is 0.322 e. The summed E-state index contributed by atoms with van der Waals surface area (Å²) >= 11 is 0. The molecule has 0 spiro atoms. The maximum atomic E-state index is 13.5. The van der Waals surface area contributed by atoms with E-state index in [1.165, 1.54) is 12.1 Å². The Hall–Kier alpha value is -2.15. The maximum absolute atomic E-state index is 13.5. The standard InChI is InChI=1S/C14H19FN4O2/c1-10(13(16)20)18-6-8-19(9-7-18)14(21)17-12-5-3-2-4-11(12)15/h2-5,10H,6-9H2,1H3,(H2,16,20)(H,17,21)/t10-/m0/s1. The van der Waals surface area contributed by atoms with Gasteiger partial charge in [0.05, 0.1) is 11.7 Å². The Balaban J connectivity index is 1.89. The minimum Gasteiger partial charge on any atom is -0.368 e. The van der Waals surface area contributed by atoms with Gasteiger partial charge in [-0.05, 0) is 19.1 Å². The lowest BCUT2D eigenvalue weighted by molar-refractivity contribution is -0.123. The molecule has 0 aliphatic carbocycles. The fourth-order valence-corrected chi connectivity index (χ4v) is 2.25. The summed E-state index contributed by atoms with van der Waals surface area (Å²) in [6, 6.07) is 5.34. The summed E-state index contributed by atoms with van der Waals surface area (Å²) in [6.45, 7) is 3.82. The molecule has 6 nitrogen and oxygen atoms in total. The third kappa shape index (κ3) is 3.69. The van der Waals surface area contributed by atoms with Crippen LogP contribution in [0.4, 0.5) is 14.9 Å². The van der Waals surface area contributed by atoms with Crippen molar-refractivity contribution in [1.29, 1.82) is 0 Å². The van der Waals surface area contributed by atoms with Gasteiger partial charge in [0.25, 0.3) is 0 Å². The molecule has 1 aliphatic heterocycles. The van der Waals surface area contributed by atoms with E-state index in [-0.39, 0.29) is 23.7 Å². The minimum atomic E-state index is -0.466. The fourth-order valence-electron chi connectivity index (χ4n) is 2.25. The van der Waals surface area contributed by atoms with Crippen LogP contribution < -0.4 is 11.1 Å². The second-order valence-electron chi connectivity index (χ2n) is 5.01. The van der Waals surface area contributed by atoms with Crippen molar-refractivity contribution in [3.63, 3.8) is 0 Å². The van der Waals surface area contributed by atoms with Crippen molar-refractivity contribution >= 4 is 17.6 Å². The predicted molar refractivity (Wildman–Crippen MR) is 77.2 cm³/mol.